The van der Waals surface area contributed by atoms with Crippen molar-refractivity contribution in [2.45, 2.75) is 26.8 Å². The fraction of sp³-hybridized carbons (Fsp3) is 0.571. The molecular formula is C14H22BrNO3. The van der Waals surface area contributed by atoms with Crippen LogP contribution in [0.5, 0.6) is 11.5 Å². The van der Waals surface area contributed by atoms with Crippen LogP contribution in [0.1, 0.15) is 25.8 Å². The summed E-state index contributed by atoms with van der Waals surface area (Å²) in [5, 5.41) is 0. The van der Waals surface area contributed by atoms with Crippen LogP contribution < -0.4 is 15.2 Å². The lowest BCUT2D eigenvalue weighted by Crippen LogP contribution is -2.06. The molecule has 0 bridgehead atoms. The van der Waals surface area contributed by atoms with E-state index in [0.29, 0.717) is 26.4 Å². The van der Waals surface area contributed by atoms with Gasteiger partial charge in [0.25, 0.3) is 0 Å². The Labute approximate surface area is 123 Å². The predicted molar refractivity (Wildman–Crippen MR) is 79.8 cm³/mol. The van der Waals surface area contributed by atoms with E-state index in [9.17, 15) is 0 Å². The summed E-state index contributed by atoms with van der Waals surface area (Å²) >= 11 is 3.50. The molecule has 1 rings (SSSR count). The second kappa shape index (κ2) is 9.18. The van der Waals surface area contributed by atoms with Gasteiger partial charge in [-0.15, -0.1) is 0 Å². The van der Waals surface area contributed by atoms with Gasteiger partial charge in [0.1, 0.15) is 0 Å². The maximum Gasteiger partial charge on any atom is 0.175 e. The molecule has 5 heteroatoms. The van der Waals surface area contributed by atoms with Crippen molar-refractivity contribution in [1.29, 1.82) is 0 Å². The summed E-state index contributed by atoms with van der Waals surface area (Å²) in [6.07, 6.45) is 0.852. The van der Waals surface area contributed by atoms with E-state index < -0.39 is 0 Å². The molecule has 4 nitrogen and oxygen atoms in total. The molecule has 0 atom stereocenters. The van der Waals surface area contributed by atoms with Crippen LogP contribution in [0, 0.1) is 0 Å². The maximum atomic E-state index is 5.77. The second-order valence-electron chi connectivity index (χ2n) is 3.94. The molecule has 0 saturated carbocycles. The van der Waals surface area contributed by atoms with Gasteiger partial charge in [0.05, 0.1) is 17.7 Å². The zero-order valence-corrected chi connectivity index (χ0v) is 13.2. The van der Waals surface area contributed by atoms with Crippen molar-refractivity contribution < 1.29 is 14.2 Å². The highest BCUT2D eigenvalue weighted by Gasteiger charge is 2.11. The fourth-order valence-corrected chi connectivity index (χ4v) is 2.23. The lowest BCUT2D eigenvalue weighted by molar-refractivity contribution is 0.130. The van der Waals surface area contributed by atoms with Crippen LogP contribution in [-0.2, 0) is 11.3 Å². The first kappa shape index (κ1) is 16.3. The molecule has 0 spiro atoms. The molecular weight excluding hydrogens is 310 g/mol. The number of hydrogen-bond donors (Lipinski definition) is 1. The largest absolute Gasteiger partial charge is 0.490 e. The van der Waals surface area contributed by atoms with Crippen LogP contribution in [0.3, 0.4) is 0 Å². The van der Waals surface area contributed by atoms with E-state index in [0.717, 1.165) is 34.6 Å². The van der Waals surface area contributed by atoms with Crippen molar-refractivity contribution in [3.63, 3.8) is 0 Å². The zero-order valence-electron chi connectivity index (χ0n) is 11.6. The lowest BCUT2D eigenvalue weighted by Gasteiger charge is -2.15. The molecule has 0 amide bonds. The molecule has 0 radical (unpaired) electrons. The first-order chi connectivity index (χ1) is 9.22. The SMILES string of the molecule is CCOCCCOc1c(Br)cc(CN)cc1OCC. The Morgan fingerprint density at radius 1 is 1.11 bits per heavy atom. The quantitative estimate of drug-likeness (QED) is 0.706. The number of rotatable bonds is 9. The van der Waals surface area contributed by atoms with Crippen molar-refractivity contribution in [2.24, 2.45) is 5.73 Å². The standard InChI is InChI=1S/C14H22BrNO3/c1-3-17-6-5-7-19-14-12(15)8-11(10-16)9-13(14)18-4-2/h8-9H,3-7,10,16H2,1-2H3. The molecule has 108 valence electrons. The second-order valence-corrected chi connectivity index (χ2v) is 4.80. The Kier molecular flexibility index (Phi) is 7.86. The Balaban J connectivity index is 2.68. The van der Waals surface area contributed by atoms with Crippen molar-refractivity contribution in [3.8, 4) is 11.5 Å². The van der Waals surface area contributed by atoms with Gasteiger partial charge in [-0.25, -0.2) is 0 Å². The van der Waals surface area contributed by atoms with E-state index >= 15 is 0 Å². The van der Waals surface area contributed by atoms with Crippen LogP contribution in [-0.4, -0.2) is 26.4 Å². The van der Waals surface area contributed by atoms with Gasteiger partial charge in [-0.3, -0.25) is 0 Å². The number of benzene rings is 1. The normalized spacial score (nSPS) is 10.5. The fourth-order valence-electron chi connectivity index (χ4n) is 1.62. The first-order valence-electron chi connectivity index (χ1n) is 6.58. The van der Waals surface area contributed by atoms with Crippen LogP contribution in [0.4, 0.5) is 0 Å². The van der Waals surface area contributed by atoms with Crippen LogP contribution >= 0.6 is 15.9 Å². The zero-order chi connectivity index (χ0) is 14.1. The Hall–Kier alpha value is -0.780. The van der Waals surface area contributed by atoms with Gasteiger partial charge < -0.3 is 19.9 Å². The Morgan fingerprint density at radius 3 is 2.53 bits per heavy atom. The van der Waals surface area contributed by atoms with Crippen molar-refractivity contribution in [1.82, 2.24) is 0 Å². The van der Waals surface area contributed by atoms with Gasteiger partial charge in [-0.05, 0) is 47.5 Å². The third-order valence-electron chi connectivity index (χ3n) is 2.49. The van der Waals surface area contributed by atoms with Crippen LogP contribution in [0.2, 0.25) is 0 Å². The molecule has 1 aromatic rings. The molecule has 0 aliphatic heterocycles. The van der Waals surface area contributed by atoms with Gasteiger partial charge in [0, 0.05) is 26.2 Å². The minimum Gasteiger partial charge on any atom is -0.490 e. The van der Waals surface area contributed by atoms with Gasteiger partial charge in [0.15, 0.2) is 11.5 Å². The molecule has 0 aliphatic carbocycles. The van der Waals surface area contributed by atoms with Gasteiger partial charge in [-0.2, -0.15) is 0 Å². The van der Waals surface area contributed by atoms with Crippen LogP contribution in [0.15, 0.2) is 16.6 Å². The minimum absolute atomic E-state index is 0.475. The van der Waals surface area contributed by atoms with Crippen molar-refractivity contribution in [2.75, 3.05) is 26.4 Å². The van der Waals surface area contributed by atoms with E-state index in [1.54, 1.807) is 0 Å². The molecule has 19 heavy (non-hydrogen) atoms. The first-order valence-corrected chi connectivity index (χ1v) is 7.38. The van der Waals surface area contributed by atoms with Gasteiger partial charge >= 0.3 is 0 Å². The Morgan fingerprint density at radius 2 is 1.89 bits per heavy atom. The summed E-state index contributed by atoms with van der Waals surface area (Å²) in [5.41, 5.74) is 6.67. The molecule has 0 aliphatic rings. The van der Waals surface area contributed by atoms with Gasteiger partial charge in [-0.1, -0.05) is 0 Å². The molecule has 0 fully saturated rings. The molecule has 1 aromatic carbocycles. The highest BCUT2D eigenvalue weighted by molar-refractivity contribution is 9.10. The monoisotopic (exact) mass is 331 g/mol. The number of halogens is 1. The summed E-state index contributed by atoms with van der Waals surface area (Å²) in [6, 6.07) is 3.88. The topological polar surface area (TPSA) is 53.7 Å². The minimum atomic E-state index is 0.475. The highest BCUT2D eigenvalue weighted by Crippen LogP contribution is 2.36. The smallest absolute Gasteiger partial charge is 0.175 e. The van der Waals surface area contributed by atoms with E-state index in [4.69, 9.17) is 19.9 Å². The Bertz CT molecular complexity index is 385. The summed E-state index contributed by atoms with van der Waals surface area (Å²) < 4.78 is 17.5. The van der Waals surface area contributed by atoms with E-state index in [2.05, 4.69) is 15.9 Å². The number of ether oxygens (including phenoxy) is 3. The number of nitrogens with two attached hydrogens (primary N) is 1. The van der Waals surface area contributed by atoms with E-state index in [1.807, 2.05) is 26.0 Å². The summed E-state index contributed by atoms with van der Waals surface area (Å²) in [4.78, 5) is 0. The van der Waals surface area contributed by atoms with E-state index in [-0.39, 0.29) is 0 Å². The molecule has 2 N–H and O–H groups in total. The van der Waals surface area contributed by atoms with Crippen LogP contribution in [0.25, 0.3) is 0 Å². The third-order valence-corrected chi connectivity index (χ3v) is 3.08. The molecule has 0 aromatic heterocycles. The maximum absolute atomic E-state index is 5.77. The lowest BCUT2D eigenvalue weighted by atomic mass is 10.2. The molecule has 0 heterocycles. The predicted octanol–water partition coefficient (Wildman–Crippen LogP) is 3.11. The van der Waals surface area contributed by atoms with Crippen molar-refractivity contribution in [3.05, 3.63) is 22.2 Å². The van der Waals surface area contributed by atoms with Crippen molar-refractivity contribution >= 4 is 15.9 Å². The summed E-state index contributed by atoms with van der Waals surface area (Å²) in [6.45, 7) is 7.04. The number of hydrogen-bond acceptors (Lipinski definition) is 4. The average molecular weight is 332 g/mol. The molecule has 0 saturated heterocycles. The summed E-state index contributed by atoms with van der Waals surface area (Å²) in [7, 11) is 0. The highest BCUT2D eigenvalue weighted by atomic mass is 79.9. The van der Waals surface area contributed by atoms with E-state index in [1.165, 1.54) is 0 Å². The van der Waals surface area contributed by atoms with Gasteiger partial charge in [0.2, 0.25) is 0 Å². The third kappa shape index (κ3) is 5.38. The summed E-state index contributed by atoms with van der Waals surface area (Å²) in [5.74, 6) is 1.46. The average Bonchev–Trinajstić information content (AvgIpc) is 2.41. The molecule has 0 unspecified atom stereocenters.